The Morgan fingerprint density at radius 1 is 1.00 bits per heavy atom. The number of rotatable bonds is 10. The van der Waals surface area contributed by atoms with E-state index >= 15 is 0 Å². The van der Waals surface area contributed by atoms with Crippen molar-refractivity contribution >= 4 is 17.2 Å². The summed E-state index contributed by atoms with van der Waals surface area (Å²) in [5.41, 5.74) is 4.26. The first-order valence-corrected chi connectivity index (χ1v) is 12.4. The van der Waals surface area contributed by atoms with E-state index in [4.69, 9.17) is 5.26 Å². The first kappa shape index (κ1) is 25.8. The van der Waals surface area contributed by atoms with Gasteiger partial charge in [-0.15, -0.1) is 0 Å². The average Bonchev–Trinajstić information content (AvgIpc) is 3.35. The van der Waals surface area contributed by atoms with E-state index in [1.807, 2.05) is 54.6 Å². The van der Waals surface area contributed by atoms with Gasteiger partial charge in [0.1, 0.15) is 0 Å². The quantitative estimate of drug-likeness (QED) is 0.306. The number of carbonyl (C=O) groups is 2. The van der Waals surface area contributed by atoms with Crippen LogP contribution in [0.1, 0.15) is 75.9 Å². The van der Waals surface area contributed by atoms with E-state index in [1.54, 1.807) is 36.0 Å². The molecule has 0 radical (unpaired) electrons. The molecule has 2 N–H and O–H groups in total. The highest BCUT2D eigenvalue weighted by atomic mass is 16.3. The molecule has 0 spiro atoms. The number of nitriles is 1. The van der Waals surface area contributed by atoms with E-state index in [0.29, 0.717) is 28.6 Å². The standard InChI is InChI=1S/C30H30N4O3/c1-20(23-11-9-22(16-31)10-12-23)8-14-26(24-6-4-3-5-7-24)29(36)27-18-33-34-19-25(13-15-28(27)34)30(37)32-17-21(2)35/h3-7,9-13,15,18-21,26,35H,8,14,17H2,1-2H3,(H,32,37)/t20?,21-,26?/m1/s1. The summed E-state index contributed by atoms with van der Waals surface area (Å²) in [6, 6.07) is 22.9. The van der Waals surface area contributed by atoms with Crippen molar-refractivity contribution < 1.29 is 14.7 Å². The SMILES string of the molecule is CC(CCC(C(=O)c1cnn2cc(C(=O)NC[C@@H](C)O)ccc12)c1ccccc1)c1ccc(C#N)cc1. The summed E-state index contributed by atoms with van der Waals surface area (Å²) in [6.45, 7) is 3.88. The summed E-state index contributed by atoms with van der Waals surface area (Å²) in [7, 11) is 0. The van der Waals surface area contributed by atoms with Crippen molar-refractivity contribution in [2.45, 2.75) is 44.6 Å². The second-order valence-corrected chi connectivity index (χ2v) is 9.40. The number of fused-ring (bicyclic) bond motifs is 1. The van der Waals surface area contributed by atoms with Gasteiger partial charge in [0.15, 0.2) is 5.78 Å². The van der Waals surface area contributed by atoms with Gasteiger partial charge in [-0.1, -0.05) is 49.4 Å². The zero-order valence-electron chi connectivity index (χ0n) is 21.0. The molecule has 7 heteroatoms. The van der Waals surface area contributed by atoms with Gasteiger partial charge in [-0.2, -0.15) is 10.4 Å². The number of benzene rings is 2. The molecule has 188 valence electrons. The van der Waals surface area contributed by atoms with Gasteiger partial charge in [-0.05, 0) is 61.1 Å². The van der Waals surface area contributed by atoms with Crippen molar-refractivity contribution in [3.63, 3.8) is 0 Å². The lowest BCUT2D eigenvalue weighted by Gasteiger charge is -2.19. The molecular weight excluding hydrogens is 464 g/mol. The maximum atomic E-state index is 13.9. The van der Waals surface area contributed by atoms with Gasteiger partial charge in [0, 0.05) is 18.7 Å². The molecule has 2 unspecified atom stereocenters. The third-order valence-electron chi connectivity index (χ3n) is 6.62. The van der Waals surface area contributed by atoms with Crippen LogP contribution in [0.25, 0.3) is 5.52 Å². The zero-order valence-corrected chi connectivity index (χ0v) is 21.0. The number of aliphatic hydroxyl groups excluding tert-OH is 1. The minimum Gasteiger partial charge on any atom is -0.392 e. The Hall–Kier alpha value is -4.28. The van der Waals surface area contributed by atoms with Gasteiger partial charge in [0.05, 0.1) is 40.6 Å². The maximum Gasteiger partial charge on any atom is 0.252 e. The number of nitrogens with zero attached hydrogens (tertiary/aromatic N) is 3. The molecule has 2 aromatic heterocycles. The van der Waals surface area contributed by atoms with E-state index in [1.165, 1.54) is 0 Å². The number of carbonyl (C=O) groups excluding carboxylic acids is 2. The number of nitrogens with one attached hydrogen (secondary N) is 1. The molecule has 2 heterocycles. The molecular formula is C30H30N4O3. The van der Waals surface area contributed by atoms with E-state index in [-0.39, 0.29) is 30.1 Å². The first-order valence-electron chi connectivity index (χ1n) is 12.4. The fourth-order valence-electron chi connectivity index (χ4n) is 4.44. The van der Waals surface area contributed by atoms with Crippen LogP contribution in [-0.2, 0) is 0 Å². The Morgan fingerprint density at radius 2 is 1.73 bits per heavy atom. The number of amides is 1. The molecule has 2 aromatic carbocycles. The largest absolute Gasteiger partial charge is 0.392 e. The van der Waals surface area contributed by atoms with Crippen molar-refractivity contribution in [3.8, 4) is 6.07 Å². The molecule has 37 heavy (non-hydrogen) atoms. The van der Waals surface area contributed by atoms with E-state index in [0.717, 1.165) is 17.5 Å². The van der Waals surface area contributed by atoms with Crippen molar-refractivity contribution in [1.82, 2.24) is 14.9 Å². The summed E-state index contributed by atoms with van der Waals surface area (Å²) in [5.74, 6) is -0.452. The minimum atomic E-state index is -0.642. The highest BCUT2D eigenvalue weighted by molar-refractivity contribution is 6.06. The lowest BCUT2D eigenvalue weighted by Crippen LogP contribution is -2.30. The Bertz CT molecular complexity index is 1420. The molecule has 0 fully saturated rings. The Balaban J connectivity index is 1.56. The molecule has 4 aromatic rings. The number of Topliss-reactive ketones (excluding diaryl/α,β-unsaturated/α-hetero) is 1. The Labute approximate surface area is 216 Å². The van der Waals surface area contributed by atoms with Crippen molar-refractivity contribution in [2.24, 2.45) is 0 Å². The number of pyridine rings is 1. The molecule has 0 saturated heterocycles. The Kier molecular flexibility index (Phi) is 8.11. The van der Waals surface area contributed by atoms with Gasteiger partial charge in [-0.3, -0.25) is 9.59 Å². The summed E-state index contributed by atoms with van der Waals surface area (Å²) in [6.07, 6.45) is 3.96. The number of aliphatic hydroxyl groups is 1. The van der Waals surface area contributed by atoms with Crippen LogP contribution in [0.3, 0.4) is 0 Å². The molecule has 3 atom stereocenters. The molecule has 1 amide bonds. The van der Waals surface area contributed by atoms with Crippen LogP contribution in [-0.4, -0.2) is 39.1 Å². The fraction of sp³-hybridized carbons (Fsp3) is 0.267. The lowest BCUT2D eigenvalue weighted by molar-refractivity contribution is 0.0922. The third-order valence-corrected chi connectivity index (χ3v) is 6.62. The Morgan fingerprint density at radius 3 is 2.41 bits per heavy atom. The zero-order chi connectivity index (χ0) is 26.4. The number of hydrogen-bond acceptors (Lipinski definition) is 5. The van der Waals surface area contributed by atoms with Crippen LogP contribution < -0.4 is 5.32 Å². The molecule has 7 nitrogen and oxygen atoms in total. The highest BCUT2D eigenvalue weighted by Gasteiger charge is 2.26. The lowest BCUT2D eigenvalue weighted by atomic mass is 9.84. The molecule has 0 saturated carbocycles. The average molecular weight is 495 g/mol. The molecule has 0 aliphatic carbocycles. The van der Waals surface area contributed by atoms with Crippen LogP contribution in [0.5, 0.6) is 0 Å². The second-order valence-electron chi connectivity index (χ2n) is 9.40. The monoisotopic (exact) mass is 494 g/mol. The van der Waals surface area contributed by atoms with Gasteiger partial charge in [0.25, 0.3) is 5.91 Å². The van der Waals surface area contributed by atoms with Crippen LogP contribution in [0, 0.1) is 11.3 Å². The van der Waals surface area contributed by atoms with Gasteiger partial charge in [0.2, 0.25) is 0 Å². The second kappa shape index (κ2) is 11.6. The van der Waals surface area contributed by atoms with E-state index < -0.39 is 6.10 Å². The van der Waals surface area contributed by atoms with Crippen molar-refractivity contribution in [3.05, 3.63) is 107 Å². The van der Waals surface area contributed by atoms with Gasteiger partial charge in [-0.25, -0.2) is 4.52 Å². The first-order chi connectivity index (χ1) is 17.9. The van der Waals surface area contributed by atoms with Crippen LogP contribution in [0.4, 0.5) is 0 Å². The van der Waals surface area contributed by atoms with E-state index in [9.17, 15) is 14.7 Å². The molecule has 4 rings (SSSR count). The smallest absolute Gasteiger partial charge is 0.252 e. The van der Waals surface area contributed by atoms with E-state index in [2.05, 4.69) is 23.4 Å². The van der Waals surface area contributed by atoms with Crippen LogP contribution >= 0.6 is 0 Å². The van der Waals surface area contributed by atoms with Crippen molar-refractivity contribution in [1.29, 1.82) is 5.26 Å². The topological polar surface area (TPSA) is 107 Å². The third kappa shape index (κ3) is 6.11. The minimum absolute atomic E-state index is 0.0143. The molecule has 0 aliphatic heterocycles. The van der Waals surface area contributed by atoms with Crippen LogP contribution in [0.15, 0.2) is 79.1 Å². The predicted molar refractivity (Wildman–Crippen MR) is 142 cm³/mol. The van der Waals surface area contributed by atoms with Gasteiger partial charge >= 0.3 is 0 Å². The van der Waals surface area contributed by atoms with Gasteiger partial charge < -0.3 is 10.4 Å². The summed E-state index contributed by atoms with van der Waals surface area (Å²) in [4.78, 5) is 26.2. The number of aromatic nitrogens is 2. The summed E-state index contributed by atoms with van der Waals surface area (Å²) >= 11 is 0. The molecule has 0 aliphatic rings. The normalized spacial score (nSPS) is 13.5. The van der Waals surface area contributed by atoms with Crippen LogP contribution in [0.2, 0.25) is 0 Å². The predicted octanol–water partition coefficient (Wildman–Crippen LogP) is 4.87. The number of ketones is 1. The summed E-state index contributed by atoms with van der Waals surface area (Å²) < 4.78 is 1.55. The number of hydrogen-bond donors (Lipinski definition) is 2. The highest BCUT2D eigenvalue weighted by Crippen LogP contribution is 2.31. The summed E-state index contributed by atoms with van der Waals surface area (Å²) in [5, 5.41) is 25.5. The fourth-order valence-corrected chi connectivity index (χ4v) is 4.44. The van der Waals surface area contributed by atoms with Crippen molar-refractivity contribution in [2.75, 3.05) is 6.54 Å². The maximum absolute atomic E-state index is 13.9. The molecule has 0 bridgehead atoms.